The molecule has 2 aromatic rings. The van der Waals surface area contributed by atoms with Crippen LogP contribution in [-0.2, 0) is 25.6 Å². The third-order valence-electron chi connectivity index (χ3n) is 8.38. The number of unbranched alkanes of at least 4 members (excludes halogenated alkanes) is 2. The molecule has 6 atom stereocenters. The lowest BCUT2D eigenvalue weighted by molar-refractivity contribution is -0.135. The molecule has 0 fully saturated rings. The quantitative estimate of drug-likeness (QED) is 0.0521. The van der Waals surface area contributed by atoms with Gasteiger partial charge in [-0.1, -0.05) is 37.6 Å². The van der Waals surface area contributed by atoms with Gasteiger partial charge in [-0.15, -0.1) is 0 Å². The molecule has 52 heavy (non-hydrogen) atoms. The summed E-state index contributed by atoms with van der Waals surface area (Å²) >= 11 is 0. The highest BCUT2D eigenvalue weighted by molar-refractivity contribution is 6.43. The summed E-state index contributed by atoms with van der Waals surface area (Å²) in [5.74, 6) is -4.71. The minimum absolute atomic E-state index is 0.0138. The van der Waals surface area contributed by atoms with E-state index in [0.717, 1.165) is 24.8 Å². The average Bonchev–Trinajstić information content (AvgIpc) is 3.12. The Morgan fingerprint density at radius 2 is 1.40 bits per heavy atom. The maximum atomic E-state index is 13.3. The molecule has 0 radical (unpaired) electrons. The number of carbonyl (C=O) groups excluding carboxylic acids is 5. The van der Waals surface area contributed by atoms with Gasteiger partial charge in [-0.3, -0.25) is 29.0 Å². The van der Waals surface area contributed by atoms with Crippen molar-refractivity contribution in [3.63, 3.8) is 0 Å². The second kappa shape index (κ2) is 22.5. The van der Waals surface area contributed by atoms with Crippen LogP contribution in [0.15, 0.2) is 42.6 Å². The smallest absolute Gasteiger partial charge is 0.426 e. The van der Waals surface area contributed by atoms with Gasteiger partial charge in [-0.2, -0.15) is 0 Å². The second-order valence-electron chi connectivity index (χ2n) is 12.8. The number of nitrogens with two attached hydrogens (primary N) is 2. The van der Waals surface area contributed by atoms with E-state index in [2.05, 4.69) is 50.6 Å². The molecule has 0 aliphatic rings. The number of pyridine rings is 1. The molecule has 0 saturated heterocycles. The highest BCUT2D eigenvalue weighted by Crippen LogP contribution is 2.19. The fourth-order valence-electron chi connectivity index (χ4n) is 5.08. The summed E-state index contributed by atoms with van der Waals surface area (Å²) in [5, 5.41) is 41.5. The molecule has 16 nitrogen and oxygen atoms in total. The van der Waals surface area contributed by atoms with E-state index in [1.807, 2.05) is 12.1 Å². The highest BCUT2D eigenvalue weighted by Gasteiger charge is 2.32. The monoisotopic (exact) mass is 726 g/mol. The van der Waals surface area contributed by atoms with Crippen LogP contribution in [0.2, 0.25) is 0 Å². The first-order valence-corrected chi connectivity index (χ1v) is 17.7. The number of nitrogens with zero attached hydrogens (tertiary/aromatic N) is 1. The van der Waals surface area contributed by atoms with Crippen molar-refractivity contribution in [2.45, 2.75) is 109 Å². The molecule has 0 aliphatic carbocycles. The van der Waals surface area contributed by atoms with Gasteiger partial charge in [0.25, 0.3) is 5.91 Å². The van der Waals surface area contributed by atoms with Crippen LogP contribution >= 0.6 is 0 Å². The second-order valence-corrected chi connectivity index (χ2v) is 12.8. The maximum Gasteiger partial charge on any atom is 0.475 e. The zero-order valence-electron chi connectivity index (χ0n) is 30.4. The first-order valence-electron chi connectivity index (χ1n) is 17.7. The Labute approximate surface area is 305 Å². The summed E-state index contributed by atoms with van der Waals surface area (Å²) in [5.41, 5.74) is 14.3. The lowest BCUT2D eigenvalue weighted by atomic mass is 9.81. The number of hydrogen-bond donors (Lipinski definition) is 10. The third kappa shape index (κ3) is 14.3. The molecule has 1 aromatic carbocycles. The predicted molar refractivity (Wildman–Crippen MR) is 197 cm³/mol. The molecule has 2 rings (SSSR count). The number of rotatable bonds is 22. The maximum absolute atomic E-state index is 13.3. The van der Waals surface area contributed by atoms with Crippen molar-refractivity contribution in [2.75, 3.05) is 13.1 Å². The van der Waals surface area contributed by atoms with Gasteiger partial charge in [-0.05, 0) is 90.1 Å². The number of benzene rings is 1. The minimum Gasteiger partial charge on any atom is -0.426 e. The number of hydrogen-bond acceptors (Lipinski definition) is 11. The van der Waals surface area contributed by atoms with E-state index in [9.17, 15) is 39.1 Å². The molecule has 0 aliphatic heterocycles. The highest BCUT2D eigenvalue weighted by atomic mass is 16.4. The Hall–Kier alpha value is -4.42. The van der Waals surface area contributed by atoms with Gasteiger partial charge in [-0.25, -0.2) is 0 Å². The van der Waals surface area contributed by atoms with E-state index >= 15 is 0 Å². The Kier molecular flexibility index (Phi) is 18.9. The molecule has 12 N–H and O–H groups in total. The van der Waals surface area contributed by atoms with Crippen molar-refractivity contribution >= 4 is 36.7 Å². The number of aliphatic hydroxyl groups excluding tert-OH is 1. The van der Waals surface area contributed by atoms with E-state index in [1.165, 1.54) is 32.5 Å². The van der Waals surface area contributed by atoms with Gasteiger partial charge in [0, 0.05) is 11.8 Å². The number of aryl methyl sites for hydroxylation is 1. The zero-order valence-corrected chi connectivity index (χ0v) is 30.4. The summed E-state index contributed by atoms with van der Waals surface area (Å²) in [6, 6.07) is 6.37. The molecule has 17 heteroatoms. The number of amides is 5. The Balaban J connectivity index is 2.06. The SMILES string of the molecule is CCCCc1ccc(-c2ccc(C(=O)N[C@@H](CCN)C(=O)N[C@H](C(=O)N[C@@H](C)C(=O)N[C@@H](CCCCN)C(=O)N[C@@H](C)B(O)O)[C@@H](C)O)cn2)cc1. The summed E-state index contributed by atoms with van der Waals surface area (Å²) in [6.45, 7) is 6.52. The van der Waals surface area contributed by atoms with Crippen LogP contribution in [0.4, 0.5) is 0 Å². The van der Waals surface area contributed by atoms with Gasteiger partial charge >= 0.3 is 7.12 Å². The van der Waals surface area contributed by atoms with Gasteiger partial charge in [0.15, 0.2) is 0 Å². The van der Waals surface area contributed by atoms with Gasteiger partial charge in [0.2, 0.25) is 23.6 Å². The summed E-state index contributed by atoms with van der Waals surface area (Å²) in [4.78, 5) is 69.8. The van der Waals surface area contributed by atoms with E-state index in [-0.39, 0.29) is 24.9 Å². The van der Waals surface area contributed by atoms with Crippen LogP contribution < -0.4 is 38.1 Å². The predicted octanol–water partition coefficient (Wildman–Crippen LogP) is -0.961. The van der Waals surface area contributed by atoms with Crippen molar-refractivity contribution in [1.29, 1.82) is 0 Å². The topological polar surface area (TPSA) is 271 Å². The van der Waals surface area contributed by atoms with Crippen LogP contribution in [0.1, 0.15) is 82.1 Å². The van der Waals surface area contributed by atoms with Gasteiger partial charge in [0.1, 0.15) is 24.2 Å². The number of aromatic nitrogens is 1. The number of aliphatic hydroxyl groups is 1. The molecule has 1 aromatic heterocycles. The van der Waals surface area contributed by atoms with Gasteiger partial charge < -0.3 is 53.2 Å². The van der Waals surface area contributed by atoms with Crippen LogP contribution in [0, 0.1) is 0 Å². The summed E-state index contributed by atoms with van der Waals surface area (Å²) < 4.78 is 0. The molecule has 1 heterocycles. The van der Waals surface area contributed by atoms with Crippen molar-refractivity contribution in [3.8, 4) is 11.3 Å². The summed E-state index contributed by atoms with van der Waals surface area (Å²) in [7, 11) is -1.82. The van der Waals surface area contributed by atoms with Crippen LogP contribution in [-0.4, -0.2) is 106 Å². The Morgan fingerprint density at radius 1 is 0.750 bits per heavy atom. The molecule has 0 spiro atoms. The van der Waals surface area contributed by atoms with Crippen molar-refractivity contribution in [3.05, 3.63) is 53.7 Å². The fourth-order valence-corrected chi connectivity index (χ4v) is 5.08. The molecule has 0 bridgehead atoms. The molecule has 0 saturated carbocycles. The van der Waals surface area contributed by atoms with E-state index in [0.29, 0.717) is 25.1 Å². The number of nitrogens with one attached hydrogen (secondary N) is 5. The Morgan fingerprint density at radius 3 is 1.96 bits per heavy atom. The number of carbonyl (C=O) groups is 5. The van der Waals surface area contributed by atoms with Gasteiger partial charge in [0.05, 0.1) is 23.3 Å². The van der Waals surface area contributed by atoms with Crippen LogP contribution in [0.5, 0.6) is 0 Å². The van der Waals surface area contributed by atoms with E-state index < -0.39 is 72.9 Å². The van der Waals surface area contributed by atoms with E-state index in [4.69, 9.17) is 11.5 Å². The molecular formula is C35H55BN8O8. The molecule has 286 valence electrons. The lowest BCUT2D eigenvalue weighted by Gasteiger charge is -2.26. The normalized spacial score (nSPS) is 14.5. The third-order valence-corrected chi connectivity index (χ3v) is 8.38. The minimum atomic E-state index is -1.82. The molecular weight excluding hydrogens is 671 g/mol. The lowest BCUT2D eigenvalue weighted by Crippen LogP contribution is -2.60. The standard InChI is InChI=1S/C35H55BN8O8/c1-5-6-9-24-11-13-25(14-12-24)27-16-15-26(20-39-27)32(47)43-29(17-19-38)34(49)44-30(22(3)45)35(50)40-21(2)31(46)42-28(10-7-8-18-37)33(48)41-23(4)36(51)52/h11-16,20-23,28-30,45,51-52H,5-10,17-19,37-38H2,1-4H3,(H,40,50)(H,41,48)(H,42,46)(H,43,47)(H,44,49)/t21-,22+,23-,28-,29-,30-/m0/s1. The fraction of sp³-hybridized carbons (Fsp3) is 0.543. The van der Waals surface area contributed by atoms with Crippen molar-refractivity contribution in [1.82, 2.24) is 31.6 Å². The van der Waals surface area contributed by atoms with Crippen LogP contribution in [0.25, 0.3) is 11.3 Å². The Bertz CT molecular complexity index is 1450. The average molecular weight is 727 g/mol. The molecule has 0 unspecified atom stereocenters. The van der Waals surface area contributed by atoms with Crippen molar-refractivity contribution < 1.29 is 39.1 Å². The molecule has 5 amide bonds. The first-order chi connectivity index (χ1) is 24.7. The first kappa shape index (κ1) is 43.7. The zero-order chi connectivity index (χ0) is 38.8. The summed E-state index contributed by atoms with van der Waals surface area (Å²) in [6.07, 6.45) is 4.46. The van der Waals surface area contributed by atoms with E-state index in [1.54, 1.807) is 12.1 Å². The largest absolute Gasteiger partial charge is 0.475 e. The van der Waals surface area contributed by atoms with Crippen molar-refractivity contribution in [2.24, 2.45) is 11.5 Å². The van der Waals surface area contributed by atoms with Crippen LogP contribution in [0.3, 0.4) is 0 Å².